The lowest BCUT2D eigenvalue weighted by molar-refractivity contribution is -0.128. The van der Waals surface area contributed by atoms with Gasteiger partial charge in [0.05, 0.1) is 18.2 Å². The van der Waals surface area contributed by atoms with Gasteiger partial charge < -0.3 is 15.1 Å². The van der Waals surface area contributed by atoms with E-state index >= 15 is 0 Å². The second-order valence-electron chi connectivity index (χ2n) is 6.59. The molecule has 2 N–H and O–H groups in total. The van der Waals surface area contributed by atoms with Gasteiger partial charge in [-0.05, 0) is 31.9 Å². The zero-order valence-corrected chi connectivity index (χ0v) is 14.5. The number of sulfonamides is 1. The molecule has 2 aliphatic heterocycles. The van der Waals surface area contributed by atoms with Gasteiger partial charge in [0.1, 0.15) is 17.6 Å². The first-order valence-corrected chi connectivity index (χ1v) is 9.64. The monoisotopic (exact) mass is 355 g/mol. The van der Waals surface area contributed by atoms with E-state index in [4.69, 9.17) is 4.42 Å². The molecular formula is C15H21N3O5S. The number of carbonyl (C=O) groups is 2. The lowest BCUT2D eigenvalue weighted by Crippen LogP contribution is -2.41. The van der Waals surface area contributed by atoms with Gasteiger partial charge in [-0.15, -0.1) is 0 Å². The van der Waals surface area contributed by atoms with Crippen molar-refractivity contribution in [2.75, 3.05) is 19.3 Å². The van der Waals surface area contributed by atoms with Crippen LogP contribution in [0.4, 0.5) is 0 Å². The van der Waals surface area contributed by atoms with Gasteiger partial charge in [0.25, 0.3) is 0 Å². The Morgan fingerprint density at radius 2 is 2.25 bits per heavy atom. The van der Waals surface area contributed by atoms with E-state index in [2.05, 4.69) is 10.6 Å². The Kier molecular flexibility index (Phi) is 4.16. The zero-order chi connectivity index (χ0) is 17.5. The molecule has 9 heteroatoms. The minimum atomic E-state index is -3.33. The van der Waals surface area contributed by atoms with Crippen LogP contribution < -0.4 is 10.6 Å². The molecule has 3 heterocycles. The van der Waals surface area contributed by atoms with E-state index in [9.17, 15) is 18.0 Å². The molecule has 0 saturated carbocycles. The van der Waals surface area contributed by atoms with E-state index in [1.54, 1.807) is 6.07 Å². The van der Waals surface area contributed by atoms with Gasteiger partial charge >= 0.3 is 0 Å². The van der Waals surface area contributed by atoms with Gasteiger partial charge in [-0.3, -0.25) is 9.59 Å². The highest BCUT2D eigenvalue weighted by atomic mass is 32.2. The Balaban J connectivity index is 1.61. The molecule has 2 amide bonds. The number of rotatable bonds is 4. The van der Waals surface area contributed by atoms with Crippen molar-refractivity contribution < 1.29 is 22.4 Å². The van der Waals surface area contributed by atoms with Crippen molar-refractivity contribution in [3.05, 3.63) is 23.7 Å². The number of carbonyl (C=O) groups excluding carboxylic acids is 2. The molecule has 132 valence electrons. The van der Waals surface area contributed by atoms with E-state index in [0.717, 1.165) is 12.0 Å². The fourth-order valence-corrected chi connectivity index (χ4v) is 4.26. The maximum atomic E-state index is 12.3. The highest BCUT2D eigenvalue weighted by molar-refractivity contribution is 7.88. The molecule has 2 saturated heterocycles. The minimum absolute atomic E-state index is 0.138. The normalized spacial score (nSPS) is 27.6. The quantitative estimate of drug-likeness (QED) is 0.774. The third-order valence-corrected chi connectivity index (χ3v) is 5.97. The average Bonchev–Trinajstić information content (AvgIpc) is 3.18. The van der Waals surface area contributed by atoms with Gasteiger partial charge in [0, 0.05) is 13.1 Å². The molecule has 1 aromatic heterocycles. The van der Waals surface area contributed by atoms with Crippen molar-refractivity contribution in [3.8, 4) is 0 Å². The van der Waals surface area contributed by atoms with Crippen LogP contribution in [0.3, 0.4) is 0 Å². The molecule has 2 atom stereocenters. The Labute approximate surface area is 140 Å². The summed E-state index contributed by atoms with van der Waals surface area (Å²) in [7, 11) is -3.33. The Hall–Kier alpha value is -1.87. The first kappa shape index (κ1) is 17.0. The summed E-state index contributed by atoms with van der Waals surface area (Å²) < 4.78 is 30.0. The predicted molar refractivity (Wildman–Crippen MR) is 85.3 cm³/mol. The van der Waals surface area contributed by atoms with E-state index in [0.29, 0.717) is 25.1 Å². The topological polar surface area (TPSA) is 109 Å². The summed E-state index contributed by atoms with van der Waals surface area (Å²) in [6.45, 7) is 2.52. The second-order valence-corrected chi connectivity index (χ2v) is 8.57. The highest BCUT2D eigenvalue weighted by Gasteiger charge is 2.53. The van der Waals surface area contributed by atoms with Crippen LogP contribution in [-0.4, -0.2) is 49.9 Å². The first-order valence-electron chi connectivity index (χ1n) is 7.79. The molecule has 3 rings (SSSR count). The molecule has 1 aromatic rings. The smallest absolute Gasteiger partial charge is 0.242 e. The summed E-state index contributed by atoms with van der Waals surface area (Å²) >= 11 is 0. The van der Waals surface area contributed by atoms with E-state index in [-0.39, 0.29) is 24.9 Å². The van der Waals surface area contributed by atoms with Gasteiger partial charge in [-0.25, -0.2) is 12.7 Å². The fourth-order valence-electron chi connectivity index (χ4n) is 3.35. The molecule has 0 aromatic carbocycles. The third kappa shape index (κ3) is 3.18. The predicted octanol–water partition coefficient (Wildman–Crippen LogP) is -0.256. The Morgan fingerprint density at radius 1 is 1.50 bits per heavy atom. The van der Waals surface area contributed by atoms with Crippen LogP contribution in [0.5, 0.6) is 0 Å². The molecule has 8 nitrogen and oxygen atoms in total. The second kappa shape index (κ2) is 5.89. The van der Waals surface area contributed by atoms with Crippen molar-refractivity contribution in [1.29, 1.82) is 0 Å². The third-order valence-electron chi connectivity index (χ3n) is 4.72. The van der Waals surface area contributed by atoms with E-state index in [1.807, 2.05) is 13.0 Å². The molecule has 1 spiro atoms. The van der Waals surface area contributed by atoms with Crippen LogP contribution in [0.1, 0.15) is 24.4 Å². The SMILES string of the molecule is Cc1ccc(CNC(=O)[C@@H]2C[C@]3(CCN(S(C)(=O)=O)C3)C(=O)N2)o1. The van der Waals surface area contributed by atoms with Crippen LogP contribution >= 0.6 is 0 Å². The summed E-state index contributed by atoms with van der Waals surface area (Å²) in [5.74, 6) is 0.873. The molecule has 0 radical (unpaired) electrons. The summed E-state index contributed by atoms with van der Waals surface area (Å²) in [6, 6.07) is 2.95. The maximum Gasteiger partial charge on any atom is 0.242 e. The van der Waals surface area contributed by atoms with Gasteiger partial charge in [0.2, 0.25) is 21.8 Å². The van der Waals surface area contributed by atoms with Crippen LogP contribution in [0.2, 0.25) is 0 Å². The number of furan rings is 1. The zero-order valence-electron chi connectivity index (χ0n) is 13.7. The molecule has 2 fully saturated rings. The first-order chi connectivity index (χ1) is 11.2. The minimum Gasteiger partial charge on any atom is -0.465 e. The fraction of sp³-hybridized carbons (Fsp3) is 0.600. The Bertz CT molecular complexity index is 772. The van der Waals surface area contributed by atoms with Crippen LogP contribution in [-0.2, 0) is 26.2 Å². The molecule has 0 aliphatic carbocycles. The number of amides is 2. The van der Waals surface area contributed by atoms with Gasteiger partial charge in [-0.2, -0.15) is 0 Å². The summed E-state index contributed by atoms with van der Waals surface area (Å²) in [5, 5.41) is 5.44. The number of aryl methyl sites for hydroxylation is 1. The molecule has 24 heavy (non-hydrogen) atoms. The maximum absolute atomic E-state index is 12.3. The van der Waals surface area contributed by atoms with Gasteiger partial charge in [-0.1, -0.05) is 0 Å². The lowest BCUT2D eigenvalue weighted by Gasteiger charge is -2.20. The van der Waals surface area contributed by atoms with Crippen LogP contribution in [0.15, 0.2) is 16.5 Å². The van der Waals surface area contributed by atoms with Crippen molar-refractivity contribution >= 4 is 21.8 Å². The highest BCUT2D eigenvalue weighted by Crippen LogP contribution is 2.40. The average molecular weight is 355 g/mol. The standard InChI is InChI=1S/C15H21N3O5S/c1-10-3-4-11(23-10)8-16-13(19)12-7-15(14(20)17-12)5-6-18(9-15)24(2,21)22/h3-4,12H,5-9H2,1-2H3,(H,16,19)(H,17,20)/t12-,15-/m0/s1. The van der Waals surface area contributed by atoms with E-state index < -0.39 is 21.5 Å². The Morgan fingerprint density at radius 3 is 2.83 bits per heavy atom. The summed E-state index contributed by atoms with van der Waals surface area (Å²) in [5.41, 5.74) is -0.799. The molecular weight excluding hydrogens is 334 g/mol. The van der Waals surface area contributed by atoms with Gasteiger partial charge in [0.15, 0.2) is 0 Å². The summed E-state index contributed by atoms with van der Waals surface area (Å²) in [4.78, 5) is 24.6. The van der Waals surface area contributed by atoms with Crippen molar-refractivity contribution in [1.82, 2.24) is 14.9 Å². The number of hydrogen-bond acceptors (Lipinski definition) is 5. The number of nitrogens with zero attached hydrogens (tertiary/aromatic N) is 1. The summed E-state index contributed by atoms with van der Waals surface area (Å²) in [6.07, 6.45) is 1.88. The van der Waals surface area contributed by atoms with E-state index in [1.165, 1.54) is 4.31 Å². The number of hydrogen-bond donors (Lipinski definition) is 2. The van der Waals surface area contributed by atoms with Crippen LogP contribution in [0, 0.1) is 12.3 Å². The molecule has 0 bridgehead atoms. The molecule has 2 aliphatic rings. The lowest BCUT2D eigenvalue weighted by atomic mass is 9.84. The van der Waals surface area contributed by atoms with Crippen LogP contribution in [0.25, 0.3) is 0 Å². The van der Waals surface area contributed by atoms with Crippen molar-refractivity contribution in [3.63, 3.8) is 0 Å². The molecule has 0 unspecified atom stereocenters. The van der Waals surface area contributed by atoms with Crippen molar-refractivity contribution in [2.24, 2.45) is 5.41 Å². The van der Waals surface area contributed by atoms with Crippen molar-refractivity contribution in [2.45, 2.75) is 32.4 Å². The number of nitrogens with one attached hydrogen (secondary N) is 2. The largest absolute Gasteiger partial charge is 0.465 e.